The number of aromatic nitrogens is 2. The number of aliphatic hydroxyl groups is 1. The SMILES string of the molecule is CCc1c(C(=O)O)nc(-c2ccc(F)cc2)n1CC[C@@H]1C[C@@H](O)CC(=O)O1. The minimum absolute atomic E-state index is 0.00816. The number of carbonyl (C=O) groups excluding carboxylic acids is 1. The van der Waals surface area contributed by atoms with Crippen molar-refractivity contribution in [1.82, 2.24) is 9.55 Å². The molecule has 1 saturated heterocycles. The van der Waals surface area contributed by atoms with Crippen molar-refractivity contribution >= 4 is 11.9 Å². The molecule has 2 atom stereocenters. The standard InChI is InChI=1S/C19H21FN2O5/c1-2-15-17(19(25)26)21-18(11-3-5-12(20)6-4-11)22(15)8-7-14-9-13(23)10-16(24)27-14/h3-6,13-14,23H,2,7-10H2,1H3,(H,25,26)/t13-,14-/m1/s1. The molecule has 0 unspecified atom stereocenters. The van der Waals surface area contributed by atoms with Crippen molar-refractivity contribution in [3.8, 4) is 11.4 Å². The maximum atomic E-state index is 13.3. The minimum atomic E-state index is -1.13. The molecular weight excluding hydrogens is 355 g/mol. The number of nitrogens with zero attached hydrogens (tertiary/aromatic N) is 2. The number of benzene rings is 1. The number of aromatic carboxylic acids is 1. The molecule has 1 aromatic heterocycles. The molecule has 0 aliphatic carbocycles. The predicted octanol–water partition coefficient (Wildman–Crippen LogP) is 2.41. The predicted molar refractivity (Wildman–Crippen MR) is 93.7 cm³/mol. The third-order valence-electron chi connectivity index (χ3n) is 4.62. The van der Waals surface area contributed by atoms with Crippen LogP contribution in [0.1, 0.15) is 42.4 Å². The quantitative estimate of drug-likeness (QED) is 0.751. The zero-order valence-corrected chi connectivity index (χ0v) is 14.9. The molecule has 27 heavy (non-hydrogen) atoms. The first-order valence-electron chi connectivity index (χ1n) is 8.85. The third kappa shape index (κ3) is 4.16. The molecule has 0 bridgehead atoms. The van der Waals surface area contributed by atoms with Crippen LogP contribution in [0.2, 0.25) is 0 Å². The molecule has 1 aromatic carbocycles. The van der Waals surface area contributed by atoms with Crippen LogP contribution in [0.3, 0.4) is 0 Å². The number of halogens is 1. The number of hydrogen-bond donors (Lipinski definition) is 2. The Morgan fingerprint density at radius 2 is 2.07 bits per heavy atom. The van der Waals surface area contributed by atoms with Crippen LogP contribution in [-0.4, -0.2) is 43.9 Å². The van der Waals surface area contributed by atoms with E-state index in [9.17, 15) is 24.2 Å². The van der Waals surface area contributed by atoms with Gasteiger partial charge >= 0.3 is 11.9 Å². The Morgan fingerprint density at radius 3 is 2.67 bits per heavy atom. The zero-order chi connectivity index (χ0) is 19.6. The number of carboxylic acids is 1. The van der Waals surface area contributed by atoms with E-state index >= 15 is 0 Å². The van der Waals surface area contributed by atoms with E-state index < -0.39 is 30.0 Å². The summed E-state index contributed by atoms with van der Waals surface area (Å²) in [5, 5.41) is 19.2. The number of carboxylic acid groups (broad SMARTS) is 1. The summed E-state index contributed by atoms with van der Waals surface area (Å²) in [7, 11) is 0. The summed E-state index contributed by atoms with van der Waals surface area (Å²) in [6.07, 6.45) is 0.0340. The van der Waals surface area contributed by atoms with E-state index in [2.05, 4.69) is 4.98 Å². The number of rotatable bonds is 6. The highest BCUT2D eigenvalue weighted by Crippen LogP contribution is 2.26. The van der Waals surface area contributed by atoms with Crippen LogP contribution >= 0.6 is 0 Å². The van der Waals surface area contributed by atoms with Crippen LogP contribution in [0.4, 0.5) is 4.39 Å². The highest BCUT2D eigenvalue weighted by atomic mass is 19.1. The molecule has 2 heterocycles. The van der Waals surface area contributed by atoms with Crippen molar-refractivity contribution in [1.29, 1.82) is 0 Å². The van der Waals surface area contributed by atoms with Gasteiger partial charge in [-0.05, 0) is 30.7 Å². The second kappa shape index (κ2) is 7.87. The average molecular weight is 376 g/mol. The Labute approximate surface area is 155 Å². The van der Waals surface area contributed by atoms with Gasteiger partial charge in [0.1, 0.15) is 17.7 Å². The summed E-state index contributed by atoms with van der Waals surface area (Å²) in [4.78, 5) is 27.4. The number of cyclic esters (lactones) is 1. The van der Waals surface area contributed by atoms with Crippen LogP contribution in [0.5, 0.6) is 0 Å². The first-order valence-corrected chi connectivity index (χ1v) is 8.85. The van der Waals surface area contributed by atoms with Gasteiger partial charge in [-0.3, -0.25) is 4.79 Å². The smallest absolute Gasteiger partial charge is 0.356 e. The highest BCUT2D eigenvalue weighted by Gasteiger charge is 2.28. The molecule has 0 spiro atoms. The van der Waals surface area contributed by atoms with Gasteiger partial charge in [-0.2, -0.15) is 0 Å². The first kappa shape index (κ1) is 19.0. The van der Waals surface area contributed by atoms with Gasteiger partial charge in [0, 0.05) is 24.9 Å². The maximum absolute atomic E-state index is 13.3. The highest BCUT2D eigenvalue weighted by molar-refractivity contribution is 5.88. The maximum Gasteiger partial charge on any atom is 0.356 e. The number of aliphatic hydroxyl groups excluding tert-OH is 1. The summed E-state index contributed by atoms with van der Waals surface area (Å²) in [5.41, 5.74) is 1.10. The van der Waals surface area contributed by atoms with Crippen molar-refractivity contribution in [2.24, 2.45) is 0 Å². The fraction of sp³-hybridized carbons (Fsp3) is 0.421. The molecule has 8 heteroatoms. The second-order valence-electron chi connectivity index (χ2n) is 6.54. The molecule has 3 rings (SSSR count). The molecule has 0 amide bonds. The number of carbonyl (C=O) groups is 2. The third-order valence-corrected chi connectivity index (χ3v) is 4.62. The first-order chi connectivity index (χ1) is 12.9. The Morgan fingerprint density at radius 1 is 1.37 bits per heavy atom. The summed E-state index contributed by atoms with van der Waals surface area (Å²) < 4.78 is 20.3. The van der Waals surface area contributed by atoms with Gasteiger partial charge in [-0.15, -0.1) is 0 Å². The molecular formula is C19H21FN2O5. The van der Waals surface area contributed by atoms with Crippen LogP contribution in [-0.2, 0) is 22.5 Å². The van der Waals surface area contributed by atoms with Gasteiger partial charge in [0.25, 0.3) is 0 Å². The Hall–Kier alpha value is -2.74. The number of imidazole rings is 1. The molecule has 1 aliphatic rings. The van der Waals surface area contributed by atoms with Gasteiger partial charge in [-0.1, -0.05) is 6.92 Å². The van der Waals surface area contributed by atoms with Crippen molar-refractivity contribution in [2.75, 3.05) is 0 Å². The average Bonchev–Trinajstić information content (AvgIpc) is 2.98. The number of esters is 1. The van der Waals surface area contributed by atoms with E-state index in [0.29, 0.717) is 42.9 Å². The molecule has 1 fully saturated rings. The van der Waals surface area contributed by atoms with Crippen LogP contribution < -0.4 is 0 Å². The number of ether oxygens (including phenoxy) is 1. The lowest BCUT2D eigenvalue weighted by Gasteiger charge is -2.26. The summed E-state index contributed by atoms with van der Waals surface area (Å²) in [6, 6.07) is 5.67. The van der Waals surface area contributed by atoms with E-state index in [4.69, 9.17) is 4.74 Å². The Kier molecular flexibility index (Phi) is 5.55. The second-order valence-corrected chi connectivity index (χ2v) is 6.54. The lowest BCUT2D eigenvalue weighted by molar-refractivity contribution is -0.160. The van der Waals surface area contributed by atoms with E-state index in [-0.39, 0.29) is 12.1 Å². The zero-order valence-electron chi connectivity index (χ0n) is 14.9. The summed E-state index contributed by atoms with van der Waals surface area (Å²) in [6.45, 7) is 2.19. The summed E-state index contributed by atoms with van der Waals surface area (Å²) >= 11 is 0. The van der Waals surface area contributed by atoms with Gasteiger partial charge in [0.15, 0.2) is 5.69 Å². The summed E-state index contributed by atoms with van der Waals surface area (Å²) in [5.74, 6) is -1.54. The fourth-order valence-electron chi connectivity index (χ4n) is 3.39. The largest absolute Gasteiger partial charge is 0.476 e. The van der Waals surface area contributed by atoms with E-state index in [0.717, 1.165) is 0 Å². The van der Waals surface area contributed by atoms with E-state index in [1.54, 1.807) is 16.7 Å². The number of hydrogen-bond acceptors (Lipinski definition) is 5. The van der Waals surface area contributed by atoms with Crippen molar-refractivity contribution in [3.63, 3.8) is 0 Å². The molecule has 2 aromatic rings. The van der Waals surface area contributed by atoms with Gasteiger partial charge in [0.05, 0.1) is 18.2 Å². The molecule has 1 aliphatic heterocycles. The van der Waals surface area contributed by atoms with Crippen molar-refractivity contribution in [3.05, 3.63) is 41.5 Å². The van der Waals surface area contributed by atoms with Gasteiger partial charge < -0.3 is 19.5 Å². The molecule has 0 radical (unpaired) electrons. The van der Waals surface area contributed by atoms with Crippen molar-refractivity contribution < 1.29 is 28.9 Å². The van der Waals surface area contributed by atoms with Gasteiger partial charge in [0.2, 0.25) is 0 Å². The van der Waals surface area contributed by atoms with Crippen LogP contribution in [0.15, 0.2) is 24.3 Å². The van der Waals surface area contributed by atoms with Crippen LogP contribution in [0, 0.1) is 5.82 Å². The normalized spacial score (nSPS) is 19.7. The monoisotopic (exact) mass is 376 g/mol. The lowest BCUT2D eigenvalue weighted by Crippen LogP contribution is -2.33. The Balaban J connectivity index is 1.93. The fourth-order valence-corrected chi connectivity index (χ4v) is 3.39. The minimum Gasteiger partial charge on any atom is -0.476 e. The molecule has 144 valence electrons. The van der Waals surface area contributed by atoms with Crippen LogP contribution in [0.25, 0.3) is 11.4 Å². The topological polar surface area (TPSA) is 102 Å². The molecule has 2 N–H and O–H groups in total. The van der Waals surface area contributed by atoms with Gasteiger partial charge in [-0.25, -0.2) is 14.2 Å². The lowest BCUT2D eigenvalue weighted by atomic mass is 10.0. The van der Waals surface area contributed by atoms with E-state index in [1.807, 2.05) is 6.92 Å². The Bertz CT molecular complexity index is 847. The van der Waals surface area contributed by atoms with E-state index in [1.165, 1.54) is 12.1 Å². The molecule has 0 saturated carbocycles. The van der Waals surface area contributed by atoms with Crippen molar-refractivity contribution in [2.45, 2.75) is 51.4 Å². The molecule has 7 nitrogen and oxygen atoms in total.